The Labute approximate surface area is 126 Å². The van der Waals surface area contributed by atoms with E-state index < -0.39 is 0 Å². The van der Waals surface area contributed by atoms with Gasteiger partial charge in [0.1, 0.15) is 5.82 Å². The van der Waals surface area contributed by atoms with E-state index in [9.17, 15) is 0 Å². The Bertz CT molecular complexity index is 633. The summed E-state index contributed by atoms with van der Waals surface area (Å²) in [5.74, 6) is 2.22. The van der Waals surface area contributed by atoms with Crippen molar-refractivity contribution in [3.8, 4) is 0 Å². The van der Waals surface area contributed by atoms with E-state index in [1.165, 1.54) is 67.6 Å². The Balaban J connectivity index is 1.59. The van der Waals surface area contributed by atoms with E-state index >= 15 is 0 Å². The van der Waals surface area contributed by atoms with Crippen LogP contribution in [0, 0.1) is 12.8 Å². The van der Waals surface area contributed by atoms with E-state index in [-0.39, 0.29) is 0 Å². The molecular formula is C18H25N3. The summed E-state index contributed by atoms with van der Waals surface area (Å²) in [5.41, 5.74) is 3.86. The number of aromatic nitrogens is 2. The monoisotopic (exact) mass is 283 g/mol. The molecule has 1 N–H and O–H groups in total. The minimum atomic E-state index is 0.723. The van der Waals surface area contributed by atoms with Crippen LogP contribution >= 0.6 is 0 Å². The van der Waals surface area contributed by atoms with Crippen LogP contribution in [0.15, 0.2) is 18.2 Å². The van der Waals surface area contributed by atoms with E-state index in [1.54, 1.807) is 0 Å². The number of hydrogen-bond donors (Lipinski definition) is 1. The molecule has 112 valence electrons. The summed E-state index contributed by atoms with van der Waals surface area (Å²) in [4.78, 5) is 4.97. The summed E-state index contributed by atoms with van der Waals surface area (Å²) in [6, 6.07) is 7.45. The molecule has 1 aromatic heterocycles. The molecule has 4 rings (SSSR count). The fraction of sp³-hybridized carbons (Fsp3) is 0.611. The molecule has 3 nitrogen and oxygen atoms in total. The minimum Gasteiger partial charge on any atom is -0.325 e. The first kappa shape index (κ1) is 13.3. The van der Waals surface area contributed by atoms with Crippen molar-refractivity contribution >= 4 is 11.0 Å². The molecule has 2 heterocycles. The molecule has 0 atom stereocenters. The summed E-state index contributed by atoms with van der Waals surface area (Å²) >= 11 is 0. The molecule has 2 aromatic rings. The highest BCUT2D eigenvalue weighted by molar-refractivity contribution is 5.77. The predicted molar refractivity (Wildman–Crippen MR) is 86.7 cm³/mol. The van der Waals surface area contributed by atoms with E-state index in [1.807, 2.05) is 0 Å². The first-order valence-electron chi connectivity index (χ1n) is 8.49. The van der Waals surface area contributed by atoms with Crippen LogP contribution in [-0.2, 0) is 6.42 Å². The van der Waals surface area contributed by atoms with Crippen LogP contribution in [-0.4, -0.2) is 22.6 Å². The molecule has 1 saturated heterocycles. The third-order valence-corrected chi connectivity index (χ3v) is 5.06. The van der Waals surface area contributed by atoms with Gasteiger partial charge in [-0.1, -0.05) is 6.07 Å². The highest BCUT2D eigenvalue weighted by Crippen LogP contribution is 2.39. The summed E-state index contributed by atoms with van der Waals surface area (Å²) in [6.45, 7) is 4.55. The quantitative estimate of drug-likeness (QED) is 0.929. The van der Waals surface area contributed by atoms with E-state index in [0.29, 0.717) is 0 Å². The van der Waals surface area contributed by atoms with Gasteiger partial charge in [0.25, 0.3) is 0 Å². The number of fused-ring (bicyclic) bond motifs is 1. The summed E-state index contributed by atoms with van der Waals surface area (Å²) in [5, 5.41) is 3.46. The third kappa shape index (κ3) is 2.71. The first-order chi connectivity index (χ1) is 10.3. The van der Waals surface area contributed by atoms with Crippen molar-refractivity contribution in [2.24, 2.45) is 5.92 Å². The van der Waals surface area contributed by atoms with Crippen molar-refractivity contribution < 1.29 is 0 Å². The Morgan fingerprint density at radius 3 is 2.76 bits per heavy atom. The number of aryl methyl sites for hydroxylation is 2. The van der Waals surface area contributed by atoms with Crippen molar-refractivity contribution in [1.82, 2.24) is 14.9 Å². The molecule has 1 aliphatic carbocycles. The fourth-order valence-corrected chi connectivity index (χ4v) is 3.68. The van der Waals surface area contributed by atoms with Gasteiger partial charge < -0.3 is 9.88 Å². The maximum absolute atomic E-state index is 4.97. The Hall–Kier alpha value is -1.35. The number of benzene rings is 1. The SMILES string of the molecule is Cc1ccc2c(c1)nc(CCC1CCNCC1)n2C1CC1. The van der Waals surface area contributed by atoms with Crippen molar-refractivity contribution in [2.75, 3.05) is 13.1 Å². The van der Waals surface area contributed by atoms with Gasteiger partial charge in [-0.05, 0) is 75.7 Å². The molecule has 2 aliphatic rings. The van der Waals surface area contributed by atoms with Gasteiger partial charge in [0.2, 0.25) is 0 Å². The molecule has 0 amide bonds. The van der Waals surface area contributed by atoms with Crippen molar-refractivity contribution in [3.05, 3.63) is 29.6 Å². The molecule has 0 spiro atoms. The van der Waals surface area contributed by atoms with Gasteiger partial charge >= 0.3 is 0 Å². The molecule has 1 aromatic carbocycles. The maximum Gasteiger partial charge on any atom is 0.110 e. The number of nitrogens with one attached hydrogen (secondary N) is 1. The maximum atomic E-state index is 4.97. The van der Waals surface area contributed by atoms with Gasteiger partial charge in [-0.2, -0.15) is 0 Å². The fourth-order valence-electron chi connectivity index (χ4n) is 3.68. The lowest BCUT2D eigenvalue weighted by molar-refractivity contribution is 0.351. The van der Waals surface area contributed by atoms with Crippen molar-refractivity contribution in [2.45, 2.75) is 51.5 Å². The Morgan fingerprint density at radius 1 is 1.19 bits per heavy atom. The van der Waals surface area contributed by atoms with Gasteiger partial charge in [-0.25, -0.2) is 4.98 Å². The molecular weight excluding hydrogens is 258 g/mol. The lowest BCUT2D eigenvalue weighted by atomic mass is 9.93. The average molecular weight is 283 g/mol. The average Bonchev–Trinajstić information content (AvgIpc) is 3.27. The summed E-state index contributed by atoms with van der Waals surface area (Å²) in [7, 11) is 0. The van der Waals surface area contributed by atoms with Crippen LogP contribution in [0.2, 0.25) is 0 Å². The number of hydrogen-bond acceptors (Lipinski definition) is 2. The second kappa shape index (κ2) is 5.45. The zero-order valence-corrected chi connectivity index (χ0v) is 12.9. The lowest BCUT2D eigenvalue weighted by Gasteiger charge is -2.22. The van der Waals surface area contributed by atoms with Crippen molar-refractivity contribution in [3.63, 3.8) is 0 Å². The molecule has 0 bridgehead atoms. The van der Waals surface area contributed by atoms with Gasteiger partial charge in [0.15, 0.2) is 0 Å². The zero-order valence-electron chi connectivity index (χ0n) is 12.9. The lowest BCUT2D eigenvalue weighted by Crippen LogP contribution is -2.28. The Morgan fingerprint density at radius 2 is 2.00 bits per heavy atom. The predicted octanol–water partition coefficient (Wildman–Crippen LogP) is 3.61. The van der Waals surface area contributed by atoms with Gasteiger partial charge in [0.05, 0.1) is 11.0 Å². The first-order valence-corrected chi connectivity index (χ1v) is 8.49. The topological polar surface area (TPSA) is 29.9 Å². The second-order valence-corrected chi connectivity index (χ2v) is 6.85. The van der Waals surface area contributed by atoms with E-state index in [0.717, 1.165) is 18.4 Å². The van der Waals surface area contributed by atoms with Crippen LogP contribution in [0.3, 0.4) is 0 Å². The molecule has 1 aliphatic heterocycles. The minimum absolute atomic E-state index is 0.723. The normalized spacial score (nSPS) is 20.2. The standard InChI is InChI=1S/C18H25N3/c1-13-2-6-17-16(12-13)20-18(21(17)15-4-5-15)7-3-14-8-10-19-11-9-14/h2,6,12,14-15,19H,3-5,7-11H2,1H3. The van der Waals surface area contributed by atoms with Crippen LogP contribution in [0.25, 0.3) is 11.0 Å². The third-order valence-electron chi connectivity index (χ3n) is 5.06. The smallest absolute Gasteiger partial charge is 0.110 e. The van der Waals surface area contributed by atoms with Crippen LogP contribution in [0.4, 0.5) is 0 Å². The summed E-state index contributed by atoms with van der Waals surface area (Å²) in [6.07, 6.45) is 7.79. The molecule has 21 heavy (non-hydrogen) atoms. The van der Waals surface area contributed by atoms with Gasteiger partial charge in [0, 0.05) is 12.5 Å². The number of imidazole rings is 1. The van der Waals surface area contributed by atoms with Crippen molar-refractivity contribution in [1.29, 1.82) is 0 Å². The van der Waals surface area contributed by atoms with Crippen LogP contribution < -0.4 is 5.32 Å². The van der Waals surface area contributed by atoms with Crippen LogP contribution in [0.1, 0.15) is 49.5 Å². The second-order valence-electron chi connectivity index (χ2n) is 6.85. The van der Waals surface area contributed by atoms with E-state index in [4.69, 9.17) is 4.98 Å². The highest BCUT2D eigenvalue weighted by Gasteiger charge is 2.28. The zero-order chi connectivity index (χ0) is 14.2. The molecule has 2 fully saturated rings. The molecule has 1 saturated carbocycles. The van der Waals surface area contributed by atoms with Gasteiger partial charge in [-0.3, -0.25) is 0 Å². The molecule has 3 heteroatoms. The Kier molecular flexibility index (Phi) is 3.46. The van der Waals surface area contributed by atoms with Crippen LogP contribution in [0.5, 0.6) is 0 Å². The number of piperidine rings is 1. The number of rotatable bonds is 4. The number of nitrogens with zero attached hydrogens (tertiary/aromatic N) is 2. The summed E-state index contributed by atoms with van der Waals surface area (Å²) < 4.78 is 2.54. The largest absolute Gasteiger partial charge is 0.325 e. The van der Waals surface area contributed by atoms with E-state index in [2.05, 4.69) is 35.0 Å². The van der Waals surface area contributed by atoms with Gasteiger partial charge in [-0.15, -0.1) is 0 Å². The molecule has 0 unspecified atom stereocenters. The highest BCUT2D eigenvalue weighted by atomic mass is 15.1. The molecule has 0 radical (unpaired) electrons.